The third-order valence-electron chi connectivity index (χ3n) is 3.05. The molecule has 1 rings (SSSR count). The Bertz CT molecular complexity index is 256. The van der Waals surface area contributed by atoms with Crippen LogP contribution >= 0.6 is 0 Å². The molecule has 0 atom stereocenters. The van der Waals surface area contributed by atoms with Crippen LogP contribution in [0.1, 0.15) is 27.7 Å². The summed E-state index contributed by atoms with van der Waals surface area (Å²) < 4.78 is 0. The number of hydrogen-bond acceptors (Lipinski definition) is 3. The highest BCUT2D eigenvalue weighted by molar-refractivity contribution is 5.86. The summed E-state index contributed by atoms with van der Waals surface area (Å²) in [6.07, 6.45) is 0. The Labute approximate surface area is 91.9 Å². The number of hydrogen-bond donors (Lipinski definition) is 1. The van der Waals surface area contributed by atoms with Gasteiger partial charge in [-0.15, -0.1) is 0 Å². The van der Waals surface area contributed by atoms with Crippen LogP contribution in [-0.4, -0.2) is 58.6 Å². The van der Waals surface area contributed by atoms with E-state index in [-0.39, 0.29) is 5.91 Å². The van der Waals surface area contributed by atoms with Crippen molar-refractivity contribution in [2.75, 3.05) is 26.7 Å². The number of rotatable bonds is 2. The number of likely N-dealkylation sites (N-methyl/N-ethyl adjacent to an activating group) is 1. The summed E-state index contributed by atoms with van der Waals surface area (Å²) in [5.41, 5.74) is -1.27. The van der Waals surface area contributed by atoms with E-state index < -0.39 is 11.1 Å². The van der Waals surface area contributed by atoms with Gasteiger partial charge in [0.05, 0.1) is 11.1 Å². The molecule has 0 radical (unpaired) electrons. The van der Waals surface area contributed by atoms with Crippen molar-refractivity contribution in [3.05, 3.63) is 0 Å². The molecule has 1 N–H and O–H groups in total. The van der Waals surface area contributed by atoms with Crippen molar-refractivity contribution < 1.29 is 9.90 Å². The predicted molar refractivity (Wildman–Crippen MR) is 59.6 cm³/mol. The van der Waals surface area contributed by atoms with Crippen LogP contribution in [0.25, 0.3) is 0 Å². The zero-order chi connectivity index (χ0) is 11.9. The lowest BCUT2D eigenvalue weighted by atomic mass is 9.97. The molecule has 1 heterocycles. The molecule has 1 aliphatic heterocycles. The van der Waals surface area contributed by atoms with Gasteiger partial charge in [-0.25, -0.2) is 0 Å². The quantitative estimate of drug-likeness (QED) is 0.719. The third kappa shape index (κ3) is 2.69. The maximum Gasteiger partial charge on any atom is 0.242 e. The number of piperazine rings is 1. The molecule has 0 bridgehead atoms. The lowest BCUT2D eigenvalue weighted by molar-refractivity contribution is -0.150. The summed E-state index contributed by atoms with van der Waals surface area (Å²) in [5, 5.41) is 9.72. The molecule has 4 heteroatoms. The van der Waals surface area contributed by atoms with Crippen molar-refractivity contribution in [1.82, 2.24) is 9.80 Å². The first-order valence-electron chi connectivity index (χ1n) is 5.37. The first-order chi connectivity index (χ1) is 6.64. The van der Waals surface area contributed by atoms with E-state index >= 15 is 0 Å². The van der Waals surface area contributed by atoms with E-state index in [1.807, 2.05) is 20.9 Å². The van der Waals surface area contributed by atoms with Crippen molar-refractivity contribution in [3.8, 4) is 0 Å². The Morgan fingerprint density at radius 2 is 1.93 bits per heavy atom. The van der Waals surface area contributed by atoms with Gasteiger partial charge in [0.1, 0.15) is 0 Å². The standard InChI is InChI=1S/C11H22N2O2/c1-10(2,15)8-13-7-6-12(5)11(3,4)9(13)14/h15H,6-8H2,1-5H3. The van der Waals surface area contributed by atoms with Gasteiger partial charge in [-0.05, 0) is 34.7 Å². The Kier molecular flexibility index (Phi) is 3.12. The number of nitrogens with zero attached hydrogens (tertiary/aromatic N) is 2. The normalized spacial score (nSPS) is 23.3. The summed E-state index contributed by atoms with van der Waals surface area (Å²) in [5.74, 6) is 0.0957. The minimum atomic E-state index is -0.818. The highest BCUT2D eigenvalue weighted by Crippen LogP contribution is 2.21. The van der Waals surface area contributed by atoms with E-state index in [1.165, 1.54) is 0 Å². The zero-order valence-corrected chi connectivity index (χ0v) is 10.4. The van der Waals surface area contributed by atoms with Gasteiger partial charge in [0.2, 0.25) is 5.91 Å². The summed E-state index contributed by atoms with van der Waals surface area (Å²) in [6.45, 7) is 9.26. The van der Waals surface area contributed by atoms with E-state index in [1.54, 1.807) is 18.7 Å². The van der Waals surface area contributed by atoms with E-state index in [2.05, 4.69) is 4.90 Å². The lowest BCUT2D eigenvalue weighted by Gasteiger charge is -2.45. The van der Waals surface area contributed by atoms with Gasteiger partial charge >= 0.3 is 0 Å². The van der Waals surface area contributed by atoms with Crippen LogP contribution in [0.2, 0.25) is 0 Å². The molecule has 1 fully saturated rings. The zero-order valence-electron chi connectivity index (χ0n) is 10.4. The van der Waals surface area contributed by atoms with Gasteiger partial charge in [0.15, 0.2) is 0 Å². The summed E-state index contributed by atoms with van der Waals surface area (Å²) >= 11 is 0. The summed E-state index contributed by atoms with van der Waals surface area (Å²) in [7, 11) is 1.96. The second kappa shape index (κ2) is 3.76. The van der Waals surface area contributed by atoms with Crippen molar-refractivity contribution >= 4 is 5.91 Å². The molecule has 0 spiro atoms. The Balaban J connectivity index is 2.75. The van der Waals surface area contributed by atoms with E-state index in [4.69, 9.17) is 0 Å². The van der Waals surface area contributed by atoms with Gasteiger partial charge < -0.3 is 10.0 Å². The first kappa shape index (κ1) is 12.5. The van der Waals surface area contributed by atoms with Crippen molar-refractivity contribution in [2.45, 2.75) is 38.8 Å². The van der Waals surface area contributed by atoms with Gasteiger partial charge in [0, 0.05) is 19.6 Å². The van der Waals surface area contributed by atoms with E-state index in [9.17, 15) is 9.90 Å². The maximum atomic E-state index is 12.1. The molecular formula is C11H22N2O2. The molecule has 88 valence electrons. The number of carbonyl (C=O) groups is 1. The molecule has 0 aliphatic carbocycles. The molecule has 4 nitrogen and oxygen atoms in total. The summed E-state index contributed by atoms with van der Waals surface area (Å²) in [6, 6.07) is 0. The van der Waals surface area contributed by atoms with Crippen LogP contribution in [0.15, 0.2) is 0 Å². The second-order valence-corrected chi connectivity index (χ2v) is 5.52. The highest BCUT2D eigenvalue weighted by Gasteiger charge is 2.40. The van der Waals surface area contributed by atoms with Gasteiger partial charge in [-0.2, -0.15) is 0 Å². The molecule has 1 saturated heterocycles. The van der Waals surface area contributed by atoms with Crippen LogP contribution in [0.5, 0.6) is 0 Å². The van der Waals surface area contributed by atoms with Crippen LogP contribution in [0, 0.1) is 0 Å². The molecule has 15 heavy (non-hydrogen) atoms. The second-order valence-electron chi connectivity index (χ2n) is 5.52. The fourth-order valence-corrected chi connectivity index (χ4v) is 1.82. The van der Waals surface area contributed by atoms with Crippen molar-refractivity contribution in [1.29, 1.82) is 0 Å². The third-order valence-corrected chi connectivity index (χ3v) is 3.05. The van der Waals surface area contributed by atoms with Crippen LogP contribution < -0.4 is 0 Å². The predicted octanol–water partition coefficient (Wildman–Crippen LogP) is 0.310. The van der Waals surface area contributed by atoms with E-state index in [0.717, 1.165) is 6.54 Å². The molecular weight excluding hydrogens is 192 g/mol. The Hall–Kier alpha value is -0.610. The number of β-amino-alcohol motifs (C(OH)–C–C–N with tert-alkyl or cyclic N) is 1. The molecule has 0 aromatic rings. The van der Waals surface area contributed by atoms with Gasteiger partial charge in [-0.1, -0.05) is 0 Å². The van der Waals surface area contributed by atoms with Crippen LogP contribution in [-0.2, 0) is 4.79 Å². The topological polar surface area (TPSA) is 43.8 Å². The molecule has 0 aromatic carbocycles. The molecule has 1 aliphatic rings. The smallest absolute Gasteiger partial charge is 0.242 e. The number of aliphatic hydroxyl groups is 1. The van der Waals surface area contributed by atoms with Crippen LogP contribution in [0.3, 0.4) is 0 Å². The minimum absolute atomic E-state index is 0.0957. The molecule has 0 unspecified atom stereocenters. The van der Waals surface area contributed by atoms with Gasteiger partial charge in [-0.3, -0.25) is 9.69 Å². The number of carbonyl (C=O) groups excluding carboxylic acids is 1. The lowest BCUT2D eigenvalue weighted by Crippen LogP contribution is -2.63. The number of amides is 1. The highest BCUT2D eigenvalue weighted by atomic mass is 16.3. The fraction of sp³-hybridized carbons (Fsp3) is 0.909. The first-order valence-corrected chi connectivity index (χ1v) is 5.37. The molecule has 0 aromatic heterocycles. The molecule has 0 saturated carbocycles. The Morgan fingerprint density at radius 3 is 2.40 bits per heavy atom. The van der Waals surface area contributed by atoms with Crippen LogP contribution in [0.4, 0.5) is 0 Å². The summed E-state index contributed by atoms with van der Waals surface area (Å²) in [4.78, 5) is 15.9. The maximum absolute atomic E-state index is 12.1. The largest absolute Gasteiger partial charge is 0.389 e. The average molecular weight is 214 g/mol. The Morgan fingerprint density at radius 1 is 1.40 bits per heavy atom. The minimum Gasteiger partial charge on any atom is -0.389 e. The van der Waals surface area contributed by atoms with E-state index in [0.29, 0.717) is 13.1 Å². The van der Waals surface area contributed by atoms with Gasteiger partial charge in [0.25, 0.3) is 0 Å². The van der Waals surface area contributed by atoms with Crippen molar-refractivity contribution in [2.24, 2.45) is 0 Å². The fourth-order valence-electron chi connectivity index (χ4n) is 1.82. The average Bonchev–Trinajstić information content (AvgIpc) is 2.06. The monoisotopic (exact) mass is 214 g/mol. The van der Waals surface area contributed by atoms with Crippen molar-refractivity contribution in [3.63, 3.8) is 0 Å². The molecule has 1 amide bonds. The SMILES string of the molecule is CN1CCN(CC(C)(C)O)C(=O)C1(C)C.